The van der Waals surface area contributed by atoms with Crippen molar-refractivity contribution in [2.24, 2.45) is 0 Å². The van der Waals surface area contributed by atoms with Crippen LogP contribution in [0, 0.1) is 10.1 Å². The highest BCUT2D eigenvalue weighted by atomic mass is 35.5. The van der Waals surface area contributed by atoms with E-state index >= 15 is 0 Å². The number of fused-ring (bicyclic) bond motifs is 1. The van der Waals surface area contributed by atoms with E-state index in [1.54, 1.807) is 6.07 Å². The fourth-order valence-corrected chi connectivity index (χ4v) is 1.69. The first kappa shape index (κ1) is 10.6. The van der Waals surface area contributed by atoms with E-state index in [1.165, 1.54) is 23.5 Å². The van der Waals surface area contributed by atoms with Crippen LogP contribution in [0.2, 0.25) is 5.15 Å². The highest BCUT2D eigenvalue weighted by Gasteiger charge is 2.25. The van der Waals surface area contributed by atoms with Crippen LogP contribution in [0.3, 0.4) is 0 Å². The number of carbonyl (C=O) groups is 1. The normalized spacial score (nSPS) is 10.6. The number of aromatic nitrogens is 2. The van der Waals surface area contributed by atoms with Crippen molar-refractivity contribution in [1.29, 1.82) is 0 Å². The Kier molecular flexibility index (Phi) is 2.35. The largest absolute Gasteiger partial charge is 0.390 e. The van der Waals surface area contributed by atoms with Gasteiger partial charge in [0.2, 0.25) is 5.78 Å². The summed E-state index contributed by atoms with van der Waals surface area (Å²) in [5, 5.41) is 10.9. The van der Waals surface area contributed by atoms with Crippen LogP contribution in [0.15, 0.2) is 18.2 Å². The second-order valence-corrected chi connectivity index (χ2v) is 3.53. The van der Waals surface area contributed by atoms with E-state index in [9.17, 15) is 14.9 Å². The SMILES string of the molecule is CC(=O)c1nc([N+](=O)[O-])c2cccc(Cl)n12. The van der Waals surface area contributed by atoms with Crippen LogP contribution in [0.4, 0.5) is 5.82 Å². The quantitative estimate of drug-likeness (QED) is 0.348. The number of Topliss-reactive ketones (excluding diaryl/α,β-unsaturated/α-hetero) is 1. The van der Waals surface area contributed by atoms with E-state index in [1.807, 2.05) is 0 Å². The summed E-state index contributed by atoms with van der Waals surface area (Å²) in [5.74, 6) is -0.781. The Labute approximate surface area is 94.6 Å². The molecule has 0 unspecified atom stereocenters. The summed E-state index contributed by atoms with van der Waals surface area (Å²) in [5.41, 5.74) is 0.211. The van der Waals surface area contributed by atoms with Crippen LogP contribution < -0.4 is 0 Å². The van der Waals surface area contributed by atoms with E-state index in [4.69, 9.17) is 11.6 Å². The fraction of sp³-hybridized carbons (Fsp3) is 0.111. The number of rotatable bonds is 2. The maximum Gasteiger partial charge on any atom is 0.390 e. The molecule has 0 fully saturated rings. The topological polar surface area (TPSA) is 77.5 Å². The second-order valence-electron chi connectivity index (χ2n) is 3.14. The summed E-state index contributed by atoms with van der Waals surface area (Å²) in [6, 6.07) is 4.59. The molecule has 0 amide bonds. The molecule has 0 radical (unpaired) electrons. The molecule has 82 valence electrons. The lowest BCUT2D eigenvalue weighted by molar-refractivity contribution is -0.387. The number of nitrogens with zero attached hydrogens (tertiary/aromatic N) is 3. The molecule has 2 aromatic rings. The van der Waals surface area contributed by atoms with Crippen LogP contribution >= 0.6 is 11.6 Å². The molecule has 0 spiro atoms. The third-order valence-electron chi connectivity index (χ3n) is 2.08. The predicted octanol–water partition coefficient (Wildman–Crippen LogP) is 2.10. The number of carbonyl (C=O) groups excluding carboxylic acids is 1. The van der Waals surface area contributed by atoms with Gasteiger partial charge < -0.3 is 10.1 Å². The molecule has 0 saturated heterocycles. The molecule has 2 aromatic heterocycles. The van der Waals surface area contributed by atoms with Crippen molar-refractivity contribution in [3.8, 4) is 0 Å². The number of imidazole rings is 1. The third-order valence-corrected chi connectivity index (χ3v) is 2.38. The molecule has 2 rings (SSSR count). The van der Waals surface area contributed by atoms with Crippen LogP contribution in [0.1, 0.15) is 17.5 Å². The van der Waals surface area contributed by atoms with E-state index in [0.29, 0.717) is 0 Å². The van der Waals surface area contributed by atoms with Crippen molar-refractivity contribution in [3.63, 3.8) is 0 Å². The molecule has 0 aliphatic heterocycles. The van der Waals surface area contributed by atoms with E-state index in [0.717, 1.165) is 0 Å². The summed E-state index contributed by atoms with van der Waals surface area (Å²) in [6.07, 6.45) is 0. The first-order valence-electron chi connectivity index (χ1n) is 4.34. The molecular formula is C9H6ClN3O3. The molecule has 0 aliphatic rings. The van der Waals surface area contributed by atoms with Crippen molar-refractivity contribution >= 4 is 28.7 Å². The monoisotopic (exact) mass is 239 g/mol. The average Bonchev–Trinajstić information content (AvgIpc) is 2.58. The zero-order chi connectivity index (χ0) is 11.9. The molecule has 0 aromatic carbocycles. The van der Waals surface area contributed by atoms with Crippen LogP contribution in [0.5, 0.6) is 0 Å². The van der Waals surface area contributed by atoms with Crippen molar-refractivity contribution in [3.05, 3.63) is 39.3 Å². The van der Waals surface area contributed by atoms with Gasteiger partial charge in [0, 0.05) is 6.92 Å². The van der Waals surface area contributed by atoms with Gasteiger partial charge in [0.15, 0.2) is 0 Å². The minimum atomic E-state index is -0.641. The maximum absolute atomic E-state index is 11.3. The van der Waals surface area contributed by atoms with Gasteiger partial charge in [-0.1, -0.05) is 17.7 Å². The minimum absolute atomic E-state index is 0.0349. The highest BCUT2D eigenvalue weighted by Crippen LogP contribution is 2.24. The fourth-order valence-electron chi connectivity index (χ4n) is 1.45. The van der Waals surface area contributed by atoms with Crippen LogP contribution in [0.25, 0.3) is 5.52 Å². The number of hydrogen-bond donors (Lipinski definition) is 0. The summed E-state index contributed by atoms with van der Waals surface area (Å²) in [4.78, 5) is 25.1. The summed E-state index contributed by atoms with van der Waals surface area (Å²) in [6.45, 7) is 1.28. The second kappa shape index (κ2) is 3.57. The predicted molar refractivity (Wildman–Crippen MR) is 56.9 cm³/mol. The molecule has 0 bridgehead atoms. The zero-order valence-electron chi connectivity index (χ0n) is 8.18. The van der Waals surface area contributed by atoms with Gasteiger partial charge in [-0.25, -0.2) is 0 Å². The van der Waals surface area contributed by atoms with Gasteiger partial charge in [0.25, 0.3) is 5.82 Å². The van der Waals surface area contributed by atoms with Gasteiger partial charge in [-0.2, -0.15) is 0 Å². The highest BCUT2D eigenvalue weighted by molar-refractivity contribution is 6.30. The molecule has 0 atom stereocenters. The third kappa shape index (κ3) is 1.43. The van der Waals surface area contributed by atoms with E-state index < -0.39 is 4.92 Å². The molecular weight excluding hydrogens is 234 g/mol. The van der Waals surface area contributed by atoms with Gasteiger partial charge in [0.1, 0.15) is 10.7 Å². The number of ketones is 1. The first-order valence-corrected chi connectivity index (χ1v) is 4.72. The molecule has 0 saturated carbocycles. The summed E-state index contributed by atoms with van der Waals surface area (Å²) < 4.78 is 1.27. The molecule has 6 nitrogen and oxygen atoms in total. The van der Waals surface area contributed by atoms with Gasteiger partial charge >= 0.3 is 5.82 Å². The molecule has 2 heterocycles. The summed E-state index contributed by atoms with van der Waals surface area (Å²) in [7, 11) is 0. The Bertz CT molecular complexity index is 605. The Morgan fingerprint density at radius 2 is 2.25 bits per heavy atom. The first-order chi connectivity index (χ1) is 7.52. The maximum atomic E-state index is 11.3. The van der Waals surface area contributed by atoms with Gasteiger partial charge in [-0.3, -0.25) is 9.20 Å². The lowest BCUT2D eigenvalue weighted by Crippen LogP contribution is -2.01. The van der Waals surface area contributed by atoms with E-state index in [2.05, 4.69) is 4.98 Å². The van der Waals surface area contributed by atoms with Gasteiger partial charge in [-0.05, 0) is 22.0 Å². The number of hydrogen-bond acceptors (Lipinski definition) is 4. The molecule has 0 N–H and O–H groups in total. The standard InChI is InChI=1S/C9H6ClN3O3/c1-5(14)8-11-9(13(15)16)6-3-2-4-7(10)12(6)8/h2-4H,1H3. The van der Waals surface area contributed by atoms with Crippen molar-refractivity contribution in [2.75, 3.05) is 0 Å². The van der Waals surface area contributed by atoms with Crippen molar-refractivity contribution in [2.45, 2.75) is 6.92 Å². The Morgan fingerprint density at radius 1 is 1.56 bits per heavy atom. The average molecular weight is 240 g/mol. The molecule has 7 heteroatoms. The lowest BCUT2D eigenvalue weighted by Gasteiger charge is -1.96. The Balaban J connectivity index is 2.93. The lowest BCUT2D eigenvalue weighted by atomic mass is 10.4. The zero-order valence-corrected chi connectivity index (χ0v) is 8.93. The molecule has 0 aliphatic carbocycles. The van der Waals surface area contributed by atoms with E-state index in [-0.39, 0.29) is 28.1 Å². The van der Waals surface area contributed by atoms with Gasteiger partial charge in [0.05, 0.1) is 0 Å². The number of halogens is 1. The summed E-state index contributed by atoms with van der Waals surface area (Å²) >= 11 is 5.87. The van der Waals surface area contributed by atoms with Crippen molar-refractivity contribution < 1.29 is 9.72 Å². The van der Waals surface area contributed by atoms with Crippen LogP contribution in [-0.2, 0) is 0 Å². The Morgan fingerprint density at radius 3 is 2.81 bits per heavy atom. The number of nitro groups is 1. The van der Waals surface area contributed by atoms with Gasteiger partial charge in [-0.15, -0.1) is 0 Å². The van der Waals surface area contributed by atoms with Crippen molar-refractivity contribution in [1.82, 2.24) is 9.38 Å². The Hall–Kier alpha value is -1.95. The minimum Gasteiger partial charge on any atom is -0.358 e. The van der Waals surface area contributed by atoms with Crippen LogP contribution in [-0.4, -0.2) is 20.1 Å². The molecule has 16 heavy (non-hydrogen) atoms. The smallest absolute Gasteiger partial charge is 0.358 e. The number of pyridine rings is 1.